The first kappa shape index (κ1) is 15.2. The topological polar surface area (TPSA) is 30.5 Å². The predicted octanol–water partition coefficient (Wildman–Crippen LogP) is 4.16. The highest BCUT2D eigenvalue weighted by Crippen LogP contribution is 2.53. The summed E-state index contributed by atoms with van der Waals surface area (Å²) in [5, 5.41) is 3.55. The van der Waals surface area contributed by atoms with Crippen molar-refractivity contribution in [2.75, 3.05) is 21.3 Å². The fourth-order valence-electron chi connectivity index (χ4n) is 4.41. The van der Waals surface area contributed by atoms with Crippen LogP contribution in [0.4, 0.5) is 0 Å². The fraction of sp³-hybridized carbons (Fsp3) is 0.647. The minimum absolute atomic E-state index is 0.384. The Morgan fingerprint density at radius 1 is 1.14 bits per heavy atom. The van der Waals surface area contributed by atoms with E-state index >= 15 is 0 Å². The van der Waals surface area contributed by atoms with Gasteiger partial charge in [0.15, 0.2) is 11.5 Å². The number of halogens is 1. The number of hydrogen-bond acceptors (Lipinski definition) is 3. The Morgan fingerprint density at radius 3 is 2.38 bits per heavy atom. The van der Waals surface area contributed by atoms with Crippen molar-refractivity contribution in [2.45, 2.75) is 31.7 Å². The minimum atomic E-state index is 0.384. The second-order valence-corrected chi connectivity index (χ2v) is 7.19. The summed E-state index contributed by atoms with van der Waals surface area (Å²) in [6.07, 6.45) is 5.62. The normalized spacial score (nSPS) is 28.7. The molecular weight excluding hydrogens is 330 g/mol. The molecule has 1 aromatic carbocycles. The molecule has 0 aliphatic heterocycles. The standard InChI is InChI=1S/C17H24BrNO2/c1-19-17(12-7-10-4-5-11(12)6-10)13-8-15(20-2)16(21-3)9-14(13)18/h8-12,17,19H,4-7H2,1-3H3. The number of fused-ring (bicyclic) bond motifs is 2. The van der Waals surface area contributed by atoms with E-state index in [9.17, 15) is 0 Å². The van der Waals surface area contributed by atoms with E-state index in [-0.39, 0.29) is 0 Å². The summed E-state index contributed by atoms with van der Waals surface area (Å²) in [7, 11) is 5.44. The van der Waals surface area contributed by atoms with Crippen molar-refractivity contribution in [2.24, 2.45) is 17.8 Å². The largest absolute Gasteiger partial charge is 0.493 e. The van der Waals surface area contributed by atoms with Crippen LogP contribution in [0.2, 0.25) is 0 Å². The molecule has 4 atom stereocenters. The van der Waals surface area contributed by atoms with Gasteiger partial charge >= 0.3 is 0 Å². The molecule has 0 saturated heterocycles. The number of nitrogens with one attached hydrogen (secondary N) is 1. The SMILES string of the molecule is CNC(c1cc(OC)c(OC)cc1Br)C1CC2CCC1C2. The summed E-state index contributed by atoms with van der Waals surface area (Å²) < 4.78 is 12.0. The van der Waals surface area contributed by atoms with Crippen molar-refractivity contribution in [1.82, 2.24) is 5.32 Å². The van der Waals surface area contributed by atoms with Gasteiger partial charge in [0.25, 0.3) is 0 Å². The molecule has 0 amide bonds. The Balaban J connectivity index is 1.93. The second-order valence-electron chi connectivity index (χ2n) is 6.33. The third kappa shape index (κ3) is 2.68. The number of rotatable bonds is 5. The van der Waals surface area contributed by atoms with E-state index in [1.54, 1.807) is 14.2 Å². The van der Waals surface area contributed by atoms with Crippen LogP contribution in [0.5, 0.6) is 11.5 Å². The molecule has 2 bridgehead atoms. The third-order valence-corrected chi connectivity index (χ3v) is 6.06. The van der Waals surface area contributed by atoms with Gasteiger partial charge in [-0.2, -0.15) is 0 Å². The van der Waals surface area contributed by atoms with Crippen molar-refractivity contribution in [3.63, 3.8) is 0 Å². The van der Waals surface area contributed by atoms with Gasteiger partial charge in [0.1, 0.15) is 0 Å². The monoisotopic (exact) mass is 353 g/mol. The molecular formula is C17H24BrNO2. The van der Waals surface area contributed by atoms with Gasteiger partial charge in [-0.25, -0.2) is 0 Å². The molecule has 4 unspecified atom stereocenters. The lowest BCUT2D eigenvalue weighted by molar-refractivity contribution is 0.258. The molecule has 0 radical (unpaired) electrons. The lowest BCUT2D eigenvalue weighted by atomic mass is 9.80. The molecule has 1 aromatic rings. The average Bonchev–Trinajstić information content (AvgIpc) is 3.12. The molecule has 116 valence electrons. The Labute approximate surface area is 135 Å². The zero-order valence-corrected chi connectivity index (χ0v) is 14.6. The van der Waals surface area contributed by atoms with Crippen molar-refractivity contribution < 1.29 is 9.47 Å². The van der Waals surface area contributed by atoms with Gasteiger partial charge in [-0.15, -0.1) is 0 Å². The van der Waals surface area contributed by atoms with Crippen molar-refractivity contribution in [3.05, 3.63) is 22.2 Å². The Morgan fingerprint density at radius 2 is 1.86 bits per heavy atom. The van der Waals surface area contributed by atoms with Gasteiger partial charge in [0.05, 0.1) is 14.2 Å². The molecule has 21 heavy (non-hydrogen) atoms. The molecule has 3 nitrogen and oxygen atoms in total. The van der Waals surface area contributed by atoms with E-state index in [2.05, 4.69) is 34.4 Å². The fourth-order valence-corrected chi connectivity index (χ4v) is 4.98. The van der Waals surface area contributed by atoms with Crippen LogP contribution in [0.3, 0.4) is 0 Å². The third-order valence-electron chi connectivity index (χ3n) is 5.37. The highest BCUT2D eigenvalue weighted by atomic mass is 79.9. The predicted molar refractivity (Wildman–Crippen MR) is 88.0 cm³/mol. The minimum Gasteiger partial charge on any atom is -0.493 e. The van der Waals surface area contributed by atoms with E-state index in [0.29, 0.717) is 6.04 Å². The van der Waals surface area contributed by atoms with E-state index in [1.807, 2.05) is 6.07 Å². The van der Waals surface area contributed by atoms with Crippen LogP contribution in [0.15, 0.2) is 16.6 Å². The molecule has 0 heterocycles. The zero-order chi connectivity index (χ0) is 15.0. The smallest absolute Gasteiger partial charge is 0.161 e. The summed E-state index contributed by atoms with van der Waals surface area (Å²) in [6.45, 7) is 0. The first-order valence-corrected chi connectivity index (χ1v) is 8.55. The first-order chi connectivity index (χ1) is 10.2. The van der Waals surface area contributed by atoms with Gasteiger partial charge in [-0.1, -0.05) is 22.4 Å². The van der Waals surface area contributed by atoms with Crippen LogP contribution in [0, 0.1) is 17.8 Å². The Kier molecular flexibility index (Phi) is 4.46. The van der Waals surface area contributed by atoms with Gasteiger partial charge in [-0.3, -0.25) is 0 Å². The summed E-state index contributed by atoms with van der Waals surface area (Å²) in [4.78, 5) is 0. The highest BCUT2D eigenvalue weighted by molar-refractivity contribution is 9.10. The van der Waals surface area contributed by atoms with Crippen LogP contribution < -0.4 is 14.8 Å². The van der Waals surface area contributed by atoms with Gasteiger partial charge < -0.3 is 14.8 Å². The van der Waals surface area contributed by atoms with E-state index in [0.717, 1.165) is 33.7 Å². The molecule has 1 N–H and O–H groups in total. The molecule has 2 fully saturated rings. The number of benzene rings is 1. The summed E-state index contributed by atoms with van der Waals surface area (Å²) in [5.41, 5.74) is 1.28. The van der Waals surface area contributed by atoms with Crippen molar-refractivity contribution >= 4 is 15.9 Å². The molecule has 2 saturated carbocycles. The molecule has 0 spiro atoms. The van der Waals surface area contributed by atoms with Crippen LogP contribution in [0.25, 0.3) is 0 Å². The molecule has 4 heteroatoms. The lowest BCUT2D eigenvalue weighted by Gasteiger charge is -2.31. The maximum absolute atomic E-state index is 5.48. The molecule has 2 aliphatic carbocycles. The maximum atomic E-state index is 5.48. The summed E-state index contributed by atoms with van der Waals surface area (Å²) in [5.74, 6) is 4.15. The van der Waals surface area contributed by atoms with Crippen molar-refractivity contribution in [1.29, 1.82) is 0 Å². The highest BCUT2D eigenvalue weighted by Gasteiger charge is 2.43. The van der Waals surface area contributed by atoms with Crippen LogP contribution in [0.1, 0.15) is 37.3 Å². The first-order valence-electron chi connectivity index (χ1n) is 7.76. The second kappa shape index (κ2) is 6.17. The van der Waals surface area contributed by atoms with E-state index < -0.39 is 0 Å². The quantitative estimate of drug-likeness (QED) is 0.861. The van der Waals surface area contributed by atoms with E-state index in [1.165, 1.54) is 31.2 Å². The van der Waals surface area contributed by atoms with Crippen molar-refractivity contribution in [3.8, 4) is 11.5 Å². The average molecular weight is 354 g/mol. The molecule has 3 rings (SSSR count). The summed E-state index contributed by atoms with van der Waals surface area (Å²) >= 11 is 3.72. The van der Waals surface area contributed by atoms with Crippen LogP contribution >= 0.6 is 15.9 Å². The van der Waals surface area contributed by atoms with Gasteiger partial charge in [0.2, 0.25) is 0 Å². The zero-order valence-electron chi connectivity index (χ0n) is 13.0. The Hall–Kier alpha value is -0.740. The lowest BCUT2D eigenvalue weighted by Crippen LogP contribution is -2.29. The number of ether oxygens (including phenoxy) is 2. The van der Waals surface area contributed by atoms with Gasteiger partial charge in [-0.05, 0) is 61.8 Å². The Bertz CT molecular complexity index is 520. The maximum Gasteiger partial charge on any atom is 0.161 e. The summed E-state index contributed by atoms with van der Waals surface area (Å²) in [6, 6.07) is 4.52. The molecule has 0 aromatic heterocycles. The van der Waals surface area contributed by atoms with Crippen LogP contribution in [-0.2, 0) is 0 Å². The number of hydrogen-bond donors (Lipinski definition) is 1. The number of methoxy groups -OCH3 is 2. The molecule has 2 aliphatic rings. The van der Waals surface area contributed by atoms with E-state index in [4.69, 9.17) is 9.47 Å². The van der Waals surface area contributed by atoms with Gasteiger partial charge in [0, 0.05) is 10.5 Å². The van der Waals surface area contributed by atoms with Crippen LogP contribution in [-0.4, -0.2) is 21.3 Å².